The maximum atomic E-state index is 5.78. The highest BCUT2D eigenvalue weighted by atomic mass is 79.9. The summed E-state index contributed by atoms with van der Waals surface area (Å²) in [6.45, 7) is 8.74. The molecule has 0 saturated heterocycles. The normalized spacial score (nSPS) is 11.3. The van der Waals surface area contributed by atoms with Gasteiger partial charge in [0.05, 0.1) is 17.3 Å². The van der Waals surface area contributed by atoms with Gasteiger partial charge in [-0.25, -0.2) is 4.98 Å². The zero-order valence-corrected chi connectivity index (χ0v) is 12.0. The predicted molar refractivity (Wildman–Crippen MR) is 64.9 cm³/mol. The van der Waals surface area contributed by atoms with Crippen molar-refractivity contribution in [3.8, 4) is 11.9 Å². The Labute approximate surface area is 99.3 Å². The lowest BCUT2D eigenvalue weighted by Crippen LogP contribution is -2.30. The second-order valence-corrected chi connectivity index (χ2v) is 9.24. The Balaban J connectivity index is 2.90. The summed E-state index contributed by atoms with van der Waals surface area (Å²) in [4.78, 5) is 8.19. The Kier molecular flexibility index (Phi) is 4.10. The van der Waals surface area contributed by atoms with Crippen LogP contribution < -0.4 is 9.16 Å². The van der Waals surface area contributed by atoms with Gasteiger partial charge in [-0.2, -0.15) is 4.98 Å². The zero-order valence-electron chi connectivity index (χ0n) is 9.37. The topological polar surface area (TPSA) is 44.2 Å². The van der Waals surface area contributed by atoms with Crippen LogP contribution in [-0.2, 0) is 0 Å². The smallest absolute Gasteiger partial charge is 0.319 e. The first-order valence-electron chi connectivity index (χ1n) is 4.76. The number of ether oxygens (including phenoxy) is 1. The fraction of sp³-hybridized carbons (Fsp3) is 0.556. The van der Waals surface area contributed by atoms with E-state index in [0.29, 0.717) is 18.5 Å². The highest BCUT2D eigenvalue weighted by molar-refractivity contribution is 9.10. The maximum Gasteiger partial charge on any atom is 0.319 e. The van der Waals surface area contributed by atoms with Gasteiger partial charge in [-0.05, 0) is 42.5 Å². The molecule has 6 heteroatoms. The largest absolute Gasteiger partial charge is 0.531 e. The molecule has 0 unspecified atom stereocenters. The van der Waals surface area contributed by atoms with E-state index in [2.05, 4.69) is 45.5 Å². The molecule has 15 heavy (non-hydrogen) atoms. The van der Waals surface area contributed by atoms with Crippen LogP contribution in [0.2, 0.25) is 19.6 Å². The lowest BCUT2D eigenvalue weighted by Gasteiger charge is -2.19. The van der Waals surface area contributed by atoms with E-state index in [9.17, 15) is 0 Å². The van der Waals surface area contributed by atoms with Crippen molar-refractivity contribution < 1.29 is 9.16 Å². The van der Waals surface area contributed by atoms with E-state index >= 15 is 0 Å². The van der Waals surface area contributed by atoms with E-state index in [0.717, 1.165) is 4.47 Å². The predicted octanol–water partition coefficient (Wildman–Crippen LogP) is 2.85. The van der Waals surface area contributed by atoms with E-state index in [-0.39, 0.29) is 0 Å². The third-order valence-electron chi connectivity index (χ3n) is 1.37. The Morgan fingerprint density at radius 3 is 2.60 bits per heavy atom. The molecule has 0 radical (unpaired) electrons. The summed E-state index contributed by atoms with van der Waals surface area (Å²) < 4.78 is 11.7. The minimum atomic E-state index is -1.65. The van der Waals surface area contributed by atoms with E-state index in [4.69, 9.17) is 9.16 Å². The quantitative estimate of drug-likeness (QED) is 0.800. The summed E-state index contributed by atoms with van der Waals surface area (Å²) in [5.74, 6) is 0.563. The van der Waals surface area contributed by atoms with Crippen molar-refractivity contribution in [2.75, 3.05) is 6.61 Å². The molecule has 0 spiro atoms. The van der Waals surface area contributed by atoms with Gasteiger partial charge in [0.15, 0.2) is 0 Å². The highest BCUT2D eigenvalue weighted by Crippen LogP contribution is 2.25. The minimum absolute atomic E-state index is 0.356. The molecule has 0 fully saturated rings. The van der Waals surface area contributed by atoms with E-state index in [1.165, 1.54) is 0 Å². The number of rotatable bonds is 4. The molecule has 4 nitrogen and oxygen atoms in total. The molecule has 1 rings (SSSR count). The molecule has 0 amide bonds. The highest BCUT2D eigenvalue weighted by Gasteiger charge is 2.19. The second kappa shape index (κ2) is 4.94. The summed E-state index contributed by atoms with van der Waals surface area (Å²) >= 11 is 3.35. The van der Waals surface area contributed by atoms with Crippen molar-refractivity contribution in [2.24, 2.45) is 0 Å². The van der Waals surface area contributed by atoms with E-state index < -0.39 is 8.32 Å². The first-order chi connectivity index (χ1) is 6.92. The molecule has 0 saturated carbocycles. The average molecular weight is 291 g/mol. The Bertz CT molecular complexity index is 341. The van der Waals surface area contributed by atoms with Gasteiger partial charge in [0, 0.05) is 0 Å². The fourth-order valence-corrected chi connectivity index (χ4v) is 2.05. The average Bonchev–Trinajstić information content (AvgIpc) is 2.09. The van der Waals surface area contributed by atoms with Gasteiger partial charge in [-0.1, -0.05) is 0 Å². The van der Waals surface area contributed by atoms with Crippen molar-refractivity contribution in [1.29, 1.82) is 0 Å². The van der Waals surface area contributed by atoms with Crippen LogP contribution in [0.25, 0.3) is 0 Å². The van der Waals surface area contributed by atoms with Gasteiger partial charge in [-0.3, -0.25) is 0 Å². The Morgan fingerprint density at radius 1 is 1.40 bits per heavy atom. The van der Waals surface area contributed by atoms with Gasteiger partial charge in [-0.15, -0.1) is 0 Å². The van der Waals surface area contributed by atoms with Gasteiger partial charge in [0.25, 0.3) is 0 Å². The molecule has 1 aromatic rings. The molecule has 84 valence electrons. The number of hydrogen-bond donors (Lipinski definition) is 0. The molecule has 1 heterocycles. The zero-order chi connectivity index (χ0) is 11.5. The van der Waals surface area contributed by atoms with Gasteiger partial charge in [0.1, 0.15) is 0 Å². The van der Waals surface area contributed by atoms with Gasteiger partial charge in [0.2, 0.25) is 14.2 Å². The molecular formula is C9H15BrN2O2Si. The van der Waals surface area contributed by atoms with Crippen LogP contribution in [-0.4, -0.2) is 24.9 Å². The fourth-order valence-electron chi connectivity index (χ4n) is 0.896. The number of aromatic nitrogens is 2. The third kappa shape index (κ3) is 4.17. The second-order valence-electron chi connectivity index (χ2n) is 3.95. The van der Waals surface area contributed by atoms with Crippen LogP contribution in [0.15, 0.2) is 10.7 Å². The van der Waals surface area contributed by atoms with Crippen molar-refractivity contribution in [3.63, 3.8) is 0 Å². The van der Waals surface area contributed by atoms with Crippen LogP contribution in [0.1, 0.15) is 6.92 Å². The molecule has 0 N–H and O–H groups in total. The standard InChI is InChI=1S/C9H15BrN2O2Si/c1-5-13-9-11-6-7(10)8(12-9)14-15(2,3)4/h6H,5H2,1-4H3. The monoisotopic (exact) mass is 290 g/mol. The van der Waals surface area contributed by atoms with E-state index in [1.54, 1.807) is 6.20 Å². The summed E-state index contributed by atoms with van der Waals surface area (Å²) in [5.41, 5.74) is 0. The van der Waals surface area contributed by atoms with Gasteiger partial charge < -0.3 is 9.16 Å². The summed E-state index contributed by atoms with van der Waals surface area (Å²) in [5, 5.41) is 0. The van der Waals surface area contributed by atoms with Crippen LogP contribution >= 0.6 is 15.9 Å². The summed E-state index contributed by atoms with van der Waals surface area (Å²) in [6.07, 6.45) is 1.65. The lowest BCUT2D eigenvalue weighted by atomic mass is 10.6. The van der Waals surface area contributed by atoms with Crippen molar-refractivity contribution in [3.05, 3.63) is 10.7 Å². The van der Waals surface area contributed by atoms with Crippen LogP contribution in [0.4, 0.5) is 0 Å². The summed E-state index contributed by atoms with van der Waals surface area (Å²) in [6, 6.07) is 0.356. The molecule has 0 atom stereocenters. The third-order valence-corrected chi connectivity index (χ3v) is 2.72. The number of nitrogens with zero attached hydrogens (tertiary/aromatic N) is 2. The van der Waals surface area contributed by atoms with Crippen LogP contribution in [0.5, 0.6) is 11.9 Å². The Hall–Kier alpha value is -0.623. The molecule has 0 aliphatic carbocycles. The molecule has 0 aliphatic heterocycles. The molecule has 0 aliphatic rings. The van der Waals surface area contributed by atoms with Crippen LogP contribution in [0, 0.1) is 0 Å². The molecular weight excluding hydrogens is 276 g/mol. The summed E-state index contributed by atoms with van der Waals surface area (Å²) in [7, 11) is -1.65. The van der Waals surface area contributed by atoms with Crippen molar-refractivity contribution >= 4 is 24.2 Å². The lowest BCUT2D eigenvalue weighted by molar-refractivity contribution is 0.308. The van der Waals surface area contributed by atoms with Gasteiger partial charge >= 0.3 is 6.01 Å². The molecule has 0 bridgehead atoms. The Morgan fingerprint density at radius 2 is 2.07 bits per heavy atom. The number of halogens is 1. The van der Waals surface area contributed by atoms with Crippen LogP contribution in [0.3, 0.4) is 0 Å². The SMILES string of the molecule is CCOc1ncc(Br)c(O[Si](C)(C)C)n1. The first kappa shape index (κ1) is 12.4. The van der Waals surface area contributed by atoms with E-state index in [1.807, 2.05) is 6.92 Å². The minimum Gasteiger partial charge on any atom is -0.531 e. The van der Waals surface area contributed by atoms with Crippen molar-refractivity contribution in [1.82, 2.24) is 9.97 Å². The first-order valence-corrected chi connectivity index (χ1v) is 8.97. The van der Waals surface area contributed by atoms with Crippen molar-refractivity contribution in [2.45, 2.75) is 26.6 Å². The molecule has 1 aromatic heterocycles. The maximum absolute atomic E-state index is 5.78. The number of hydrogen-bond acceptors (Lipinski definition) is 4. The molecule has 0 aromatic carbocycles.